The van der Waals surface area contributed by atoms with E-state index in [0.29, 0.717) is 11.4 Å². The standard InChI is InChI=1S/C29H26N6O2/c1-19-10-11-22(34-28(36)32-17-26-23-8-4-2-6-20(23)12-14-30-26)16-25(19)35-29(37)33-18-27-24-9-5-3-7-21(24)13-15-31-27/h2-16H,17-18H2,1H3,(H2,32,34,36)(H2,33,35,37). The number of nitrogens with zero attached hydrogens (tertiary/aromatic N) is 2. The zero-order chi connectivity index (χ0) is 25.6. The smallest absolute Gasteiger partial charge is 0.319 e. The fourth-order valence-electron chi connectivity index (χ4n) is 4.15. The molecule has 3 aromatic carbocycles. The lowest BCUT2D eigenvalue weighted by molar-refractivity contribution is 0.251. The fourth-order valence-corrected chi connectivity index (χ4v) is 4.15. The van der Waals surface area contributed by atoms with Gasteiger partial charge in [-0.05, 0) is 47.5 Å². The largest absolute Gasteiger partial charge is 0.332 e. The van der Waals surface area contributed by atoms with E-state index in [-0.39, 0.29) is 25.2 Å². The molecular formula is C29H26N6O2. The minimum absolute atomic E-state index is 0.286. The Morgan fingerprint density at radius 3 is 1.81 bits per heavy atom. The maximum Gasteiger partial charge on any atom is 0.319 e. The highest BCUT2D eigenvalue weighted by Crippen LogP contribution is 2.21. The molecule has 2 heterocycles. The van der Waals surface area contributed by atoms with Crippen molar-refractivity contribution in [2.24, 2.45) is 0 Å². The van der Waals surface area contributed by atoms with E-state index in [2.05, 4.69) is 31.2 Å². The van der Waals surface area contributed by atoms with Crippen LogP contribution in [0.2, 0.25) is 0 Å². The van der Waals surface area contributed by atoms with Gasteiger partial charge in [-0.25, -0.2) is 9.59 Å². The first-order valence-electron chi connectivity index (χ1n) is 11.9. The maximum atomic E-state index is 12.6. The number of aromatic nitrogens is 2. The van der Waals surface area contributed by atoms with Gasteiger partial charge in [-0.15, -0.1) is 0 Å². The summed E-state index contributed by atoms with van der Waals surface area (Å²) in [5.74, 6) is 0. The molecule has 0 saturated carbocycles. The Hall–Kier alpha value is -4.98. The van der Waals surface area contributed by atoms with Crippen LogP contribution in [0.15, 0.2) is 91.3 Å². The number of nitrogens with one attached hydrogen (secondary N) is 4. The van der Waals surface area contributed by atoms with Crippen molar-refractivity contribution in [2.45, 2.75) is 20.0 Å². The highest BCUT2D eigenvalue weighted by atomic mass is 16.2. The molecule has 0 spiro atoms. The van der Waals surface area contributed by atoms with Crippen molar-refractivity contribution >= 4 is 45.0 Å². The quantitative estimate of drug-likeness (QED) is 0.244. The number of carbonyl (C=O) groups is 2. The van der Waals surface area contributed by atoms with Crippen LogP contribution < -0.4 is 21.3 Å². The van der Waals surface area contributed by atoms with E-state index >= 15 is 0 Å². The average molecular weight is 491 g/mol. The van der Waals surface area contributed by atoms with Gasteiger partial charge < -0.3 is 21.3 Å². The third-order valence-electron chi connectivity index (χ3n) is 6.09. The molecule has 4 N–H and O–H groups in total. The molecule has 5 rings (SSSR count). The van der Waals surface area contributed by atoms with E-state index in [1.54, 1.807) is 24.5 Å². The summed E-state index contributed by atoms with van der Waals surface area (Å²) in [6.45, 7) is 2.46. The van der Waals surface area contributed by atoms with E-state index in [1.165, 1.54) is 0 Å². The Balaban J connectivity index is 1.19. The SMILES string of the molecule is Cc1ccc(NC(=O)NCc2nccc3ccccc23)cc1NC(=O)NCc1nccc2ccccc12. The Bertz CT molecular complexity index is 1590. The molecule has 8 heteroatoms. The van der Waals surface area contributed by atoms with Crippen molar-refractivity contribution in [3.8, 4) is 0 Å². The lowest BCUT2D eigenvalue weighted by Gasteiger charge is -2.13. The second kappa shape index (κ2) is 10.7. The molecule has 0 saturated heterocycles. The third-order valence-corrected chi connectivity index (χ3v) is 6.09. The Kier molecular flexibility index (Phi) is 6.89. The number of fused-ring (bicyclic) bond motifs is 2. The van der Waals surface area contributed by atoms with E-state index in [9.17, 15) is 9.59 Å². The predicted octanol–water partition coefficient (Wildman–Crippen LogP) is 5.73. The number of hydrogen-bond donors (Lipinski definition) is 4. The molecule has 0 aliphatic carbocycles. The number of benzene rings is 3. The van der Waals surface area contributed by atoms with Crippen molar-refractivity contribution in [1.82, 2.24) is 20.6 Å². The monoisotopic (exact) mass is 490 g/mol. The van der Waals surface area contributed by atoms with Crippen LogP contribution in [-0.2, 0) is 13.1 Å². The van der Waals surface area contributed by atoms with Crippen LogP contribution in [-0.4, -0.2) is 22.0 Å². The summed E-state index contributed by atoms with van der Waals surface area (Å²) in [6, 6.07) is 24.3. The third kappa shape index (κ3) is 5.65. The second-order valence-corrected chi connectivity index (χ2v) is 8.60. The zero-order valence-electron chi connectivity index (χ0n) is 20.3. The molecule has 37 heavy (non-hydrogen) atoms. The lowest BCUT2D eigenvalue weighted by atomic mass is 10.1. The van der Waals surface area contributed by atoms with E-state index < -0.39 is 0 Å². The van der Waals surface area contributed by atoms with Crippen LogP contribution in [0.3, 0.4) is 0 Å². The van der Waals surface area contributed by atoms with Gasteiger partial charge in [-0.3, -0.25) is 9.97 Å². The molecular weight excluding hydrogens is 464 g/mol. The van der Waals surface area contributed by atoms with Gasteiger partial charge >= 0.3 is 12.1 Å². The van der Waals surface area contributed by atoms with Gasteiger partial charge in [-0.2, -0.15) is 0 Å². The van der Waals surface area contributed by atoms with Crippen molar-refractivity contribution in [2.75, 3.05) is 10.6 Å². The molecule has 0 fully saturated rings. The second-order valence-electron chi connectivity index (χ2n) is 8.60. The molecule has 4 amide bonds. The van der Waals surface area contributed by atoms with Gasteiger partial charge in [-0.1, -0.05) is 54.6 Å². The predicted molar refractivity (Wildman–Crippen MR) is 146 cm³/mol. The molecule has 0 aliphatic rings. The molecule has 0 atom stereocenters. The molecule has 0 radical (unpaired) electrons. The van der Waals surface area contributed by atoms with Gasteiger partial charge in [0.05, 0.1) is 24.5 Å². The zero-order valence-corrected chi connectivity index (χ0v) is 20.3. The van der Waals surface area contributed by atoms with Crippen molar-refractivity contribution < 1.29 is 9.59 Å². The van der Waals surface area contributed by atoms with Gasteiger partial charge in [0.15, 0.2) is 0 Å². The highest BCUT2D eigenvalue weighted by molar-refractivity contribution is 5.94. The first kappa shape index (κ1) is 23.7. The van der Waals surface area contributed by atoms with Crippen molar-refractivity contribution in [3.63, 3.8) is 0 Å². The lowest BCUT2D eigenvalue weighted by Crippen LogP contribution is -2.29. The number of anilines is 2. The Morgan fingerprint density at radius 1 is 0.676 bits per heavy atom. The molecule has 2 aromatic heterocycles. The summed E-state index contributed by atoms with van der Waals surface area (Å²) < 4.78 is 0. The number of rotatable bonds is 6. The van der Waals surface area contributed by atoms with Crippen LogP contribution in [0.1, 0.15) is 17.0 Å². The topological polar surface area (TPSA) is 108 Å². The molecule has 0 aliphatic heterocycles. The van der Waals surface area contributed by atoms with Crippen molar-refractivity contribution in [1.29, 1.82) is 0 Å². The number of amides is 4. The van der Waals surface area contributed by atoms with Gasteiger partial charge in [0.1, 0.15) is 0 Å². The summed E-state index contributed by atoms with van der Waals surface area (Å²) in [7, 11) is 0. The number of hydrogen-bond acceptors (Lipinski definition) is 4. The summed E-state index contributed by atoms with van der Waals surface area (Å²) in [6.07, 6.45) is 3.47. The van der Waals surface area contributed by atoms with Gasteiger partial charge in [0.2, 0.25) is 0 Å². The van der Waals surface area contributed by atoms with E-state index in [4.69, 9.17) is 0 Å². The average Bonchev–Trinajstić information content (AvgIpc) is 2.92. The summed E-state index contributed by atoms with van der Waals surface area (Å²) in [5.41, 5.74) is 3.59. The summed E-state index contributed by atoms with van der Waals surface area (Å²) in [4.78, 5) is 34.0. The maximum absolute atomic E-state index is 12.6. The Morgan fingerprint density at radius 2 is 1.22 bits per heavy atom. The van der Waals surface area contributed by atoms with Crippen LogP contribution in [0.25, 0.3) is 21.5 Å². The van der Waals surface area contributed by atoms with Gasteiger partial charge in [0.25, 0.3) is 0 Å². The van der Waals surface area contributed by atoms with Crippen LogP contribution in [0, 0.1) is 6.92 Å². The number of pyridine rings is 2. The number of carbonyl (C=O) groups excluding carboxylic acids is 2. The Labute approximate surface area is 214 Å². The van der Waals surface area contributed by atoms with E-state index in [1.807, 2.05) is 73.7 Å². The summed E-state index contributed by atoms with van der Waals surface area (Å²) in [5, 5.41) is 15.5. The van der Waals surface area contributed by atoms with Crippen molar-refractivity contribution in [3.05, 3.63) is 108 Å². The minimum Gasteiger partial charge on any atom is -0.332 e. The highest BCUT2D eigenvalue weighted by Gasteiger charge is 2.10. The summed E-state index contributed by atoms with van der Waals surface area (Å²) >= 11 is 0. The minimum atomic E-state index is -0.365. The van der Waals surface area contributed by atoms with Crippen LogP contribution >= 0.6 is 0 Å². The first-order chi connectivity index (χ1) is 18.1. The van der Waals surface area contributed by atoms with Crippen LogP contribution in [0.4, 0.5) is 21.0 Å². The number of urea groups is 2. The molecule has 0 unspecified atom stereocenters. The molecule has 8 nitrogen and oxygen atoms in total. The molecule has 0 bridgehead atoms. The first-order valence-corrected chi connectivity index (χ1v) is 11.9. The molecule has 184 valence electrons. The van der Waals surface area contributed by atoms with E-state index in [0.717, 1.165) is 38.5 Å². The number of aryl methyl sites for hydroxylation is 1. The fraction of sp³-hybridized carbons (Fsp3) is 0.103. The van der Waals surface area contributed by atoms with Gasteiger partial charge in [0, 0.05) is 34.5 Å². The molecule has 5 aromatic rings. The normalized spacial score (nSPS) is 10.7. The van der Waals surface area contributed by atoms with Crippen LogP contribution in [0.5, 0.6) is 0 Å².